The lowest BCUT2D eigenvalue weighted by Gasteiger charge is -2.10. The van der Waals surface area contributed by atoms with Crippen LogP contribution in [0.4, 0.5) is 0 Å². The monoisotopic (exact) mass is 285 g/mol. The maximum absolute atomic E-state index is 6.12. The van der Waals surface area contributed by atoms with E-state index in [1.54, 1.807) is 11.3 Å². The molecule has 0 saturated carbocycles. The van der Waals surface area contributed by atoms with Crippen molar-refractivity contribution < 1.29 is 0 Å². The smallest absolute Gasteiger partial charge is 0.0931 e. The van der Waals surface area contributed by atoms with Crippen molar-refractivity contribution in [2.24, 2.45) is 5.73 Å². The topological polar surface area (TPSA) is 26.0 Å². The van der Waals surface area contributed by atoms with E-state index in [0.717, 1.165) is 22.2 Å². The van der Waals surface area contributed by atoms with E-state index in [0.29, 0.717) is 0 Å². The molecule has 0 saturated heterocycles. The van der Waals surface area contributed by atoms with E-state index in [4.69, 9.17) is 28.9 Å². The highest BCUT2D eigenvalue weighted by Crippen LogP contribution is 2.23. The third kappa shape index (κ3) is 4.00. The van der Waals surface area contributed by atoms with Gasteiger partial charge in [-0.25, -0.2) is 0 Å². The molecule has 1 atom stereocenters. The van der Waals surface area contributed by atoms with Gasteiger partial charge in [-0.2, -0.15) is 0 Å². The van der Waals surface area contributed by atoms with Gasteiger partial charge in [-0.3, -0.25) is 0 Å². The van der Waals surface area contributed by atoms with Crippen molar-refractivity contribution in [3.05, 3.63) is 56.2 Å². The molecule has 0 fully saturated rings. The first kappa shape index (κ1) is 12.9. The second-order valence-corrected chi connectivity index (χ2v) is 6.24. The minimum Gasteiger partial charge on any atom is -0.327 e. The predicted octanol–water partition coefficient (Wildman–Crippen LogP) is 4.17. The maximum Gasteiger partial charge on any atom is 0.0931 e. The Morgan fingerprint density at radius 3 is 2.59 bits per heavy atom. The standard InChI is InChI=1S/C13H13Cl2NS/c14-10-3-1-2-9(6-10)7-11(16)8-12-4-5-13(15)17-12/h1-6,11H,7-8,16H2. The number of rotatable bonds is 4. The van der Waals surface area contributed by atoms with Crippen LogP contribution in [0.1, 0.15) is 10.4 Å². The SMILES string of the molecule is NC(Cc1cccc(Cl)c1)Cc1ccc(Cl)s1. The van der Waals surface area contributed by atoms with E-state index in [1.807, 2.05) is 36.4 Å². The second-order valence-electron chi connectivity index (χ2n) is 4.00. The molecule has 1 unspecified atom stereocenters. The molecular weight excluding hydrogens is 273 g/mol. The highest BCUT2D eigenvalue weighted by atomic mass is 35.5. The fourth-order valence-corrected chi connectivity index (χ4v) is 3.15. The number of halogens is 2. The van der Waals surface area contributed by atoms with Crippen molar-refractivity contribution in [3.63, 3.8) is 0 Å². The molecule has 90 valence electrons. The number of thiophene rings is 1. The van der Waals surface area contributed by atoms with Gasteiger partial charge in [-0.1, -0.05) is 35.3 Å². The molecule has 2 aromatic rings. The Bertz CT molecular complexity index is 496. The molecule has 0 aliphatic rings. The Balaban J connectivity index is 1.95. The van der Waals surface area contributed by atoms with E-state index in [2.05, 4.69) is 0 Å². The summed E-state index contributed by atoms with van der Waals surface area (Å²) in [6.45, 7) is 0. The Kier molecular flexibility index (Phi) is 4.46. The molecule has 1 heterocycles. The summed E-state index contributed by atoms with van der Waals surface area (Å²) in [7, 11) is 0. The van der Waals surface area contributed by atoms with Crippen LogP contribution in [0, 0.1) is 0 Å². The van der Waals surface area contributed by atoms with Crippen molar-refractivity contribution in [1.82, 2.24) is 0 Å². The lowest BCUT2D eigenvalue weighted by Crippen LogP contribution is -2.25. The fraction of sp³-hybridized carbons (Fsp3) is 0.231. The Hall–Kier alpha value is -0.540. The highest BCUT2D eigenvalue weighted by molar-refractivity contribution is 7.16. The van der Waals surface area contributed by atoms with Crippen molar-refractivity contribution in [3.8, 4) is 0 Å². The average molecular weight is 286 g/mol. The number of hydrogen-bond donors (Lipinski definition) is 1. The number of hydrogen-bond acceptors (Lipinski definition) is 2. The summed E-state index contributed by atoms with van der Waals surface area (Å²) < 4.78 is 0.815. The quantitative estimate of drug-likeness (QED) is 0.897. The molecule has 2 rings (SSSR count). The van der Waals surface area contributed by atoms with Gasteiger partial charge in [0.05, 0.1) is 4.34 Å². The van der Waals surface area contributed by atoms with E-state index in [9.17, 15) is 0 Å². The zero-order valence-electron chi connectivity index (χ0n) is 9.20. The summed E-state index contributed by atoms with van der Waals surface area (Å²) in [4.78, 5) is 1.23. The van der Waals surface area contributed by atoms with Crippen LogP contribution in [0.5, 0.6) is 0 Å². The zero-order valence-corrected chi connectivity index (χ0v) is 11.5. The summed E-state index contributed by atoms with van der Waals surface area (Å²) in [5.41, 5.74) is 7.29. The van der Waals surface area contributed by atoms with Crippen LogP contribution < -0.4 is 5.73 Å². The van der Waals surface area contributed by atoms with Crippen LogP contribution >= 0.6 is 34.5 Å². The van der Waals surface area contributed by atoms with Crippen molar-refractivity contribution in [1.29, 1.82) is 0 Å². The first-order valence-electron chi connectivity index (χ1n) is 5.38. The molecule has 1 aromatic carbocycles. The Morgan fingerprint density at radius 1 is 1.12 bits per heavy atom. The molecule has 1 nitrogen and oxygen atoms in total. The summed E-state index contributed by atoms with van der Waals surface area (Å²) in [6, 6.07) is 11.9. The molecule has 0 aliphatic carbocycles. The second kappa shape index (κ2) is 5.87. The van der Waals surface area contributed by atoms with Gasteiger partial charge >= 0.3 is 0 Å². The van der Waals surface area contributed by atoms with Crippen molar-refractivity contribution in [2.45, 2.75) is 18.9 Å². The minimum absolute atomic E-state index is 0.100. The fourth-order valence-electron chi connectivity index (χ4n) is 1.76. The normalized spacial score (nSPS) is 12.6. The summed E-state index contributed by atoms with van der Waals surface area (Å²) >= 11 is 13.4. The van der Waals surface area contributed by atoms with Crippen LogP contribution in [0.15, 0.2) is 36.4 Å². The summed E-state index contributed by atoms with van der Waals surface area (Å²) in [5, 5.41) is 0.758. The van der Waals surface area contributed by atoms with Gasteiger partial charge in [0.2, 0.25) is 0 Å². The van der Waals surface area contributed by atoms with Gasteiger partial charge in [0.25, 0.3) is 0 Å². The first-order valence-corrected chi connectivity index (χ1v) is 6.95. The largest absolute Gasteiger partial charge is 0.327 e. The number of benzene rings is 1. The van der Waals surface area contributed by atoms with E-state index < -0.39 is 0 Å². The van der Waals surface area contributed by atoms with Gasteiger partial charge < -0.3 is 5.73 Å². The van der Waals surface area contributed by atoms with Gasteiger partial charge in [-0.05, 0) is 42.7 Å². The summed E-state index contributed by atoms with van der Waals surface area (Å²) in [6.07, 6.45) is 1.68. The Morgan fingerprint density at radius 2 is 1.94 bits per heavy atom. The summed E-state index contributed by atoms with van der Waals surface area (Å²) in [5.74, 6) is 0. The molecule has 1 aromatic heterocycles. The molecule has 0 radical (unpaired) electrons. The van der Waals surface area contributed by atoms with Gasteiger partial charge in [-0.15, -0.1) is 11.3 Å². The minimum atomic E-state index is 0.100. The van der Waals surface area contributed by atoms with Crippen LogP contribution in [0.25, 0.3) is 0 Å². The van der Waals surface area contributed by atoms with E-state index in [1.165, 1.54) is 10.4 Å². The molecule has 17 heavy (non-hydrogen) atoms. The van der Waals surface area contributed by atoms with Crippen LogP contribution in [0.2, 0.25) is 9.36 Å². The lowest BCUT2D eigenvalue weighted by molar-refractivity contribution is 0.671. The van der Waals surface area contributed by atoms with E-state index in [-0.39, 0.29) is 6.04 Å². The van der Waals surface area contributed by atoms with Crippen LogP contribution in [-0.4, -0.2) is 6.04 Å². The Labute approximate surface area is 115 Å². The van der Waals surface area contributed by atoms with Crippen molar-refractivity contribution in [2.75, 3.05) is 0 Å². The van der Waals surface area contributed by atoms with Gasteiger partial charge in [0.15, 0.2) is 0 Å². The molecule has 0 aliphatic heterocycles. The first-order chi connectivity index (χ1) is 8.13. The van der Waals surface area contributed by atoms with Crippen LogP contribution in [-0.2, 0) is 12.8 Å². The molecule has 2 N–H and O–H groups in total. The highest BCUT2D eigenvalue weighted by Gasteiger charge is 2.07. The molecular formula is C13H13Cl2NS. The predicted molar refractivity (Wildman–Crippen MR) is 76.2 cm³/mol. The van der Waals surface area contributed by atoms with E-state index >= 15 is 0 Å². The van der Waals surface area contributed by atoms with Gasteiger partial charge in [0, 0.05) is 15.9 Å². The van der Waals surface area contributed by atoms with Crippen molar-refractivity contribution >= 4 is 34.5 Å². The molecule has 0 spiro atoms. The third-order valence-electron chi connectivity index (χ3n) is 2.48. The average Bonchev–Trinajstić information content (AvgIpc) is 2.63. The third-order valence-corrected chi connectivity index (χ3v) is 3.97. The van der Waals surface area contributed by atoms with Gasteiger partial charge in [0.1, 0.15) is 0 Å². The molecule has 0 amide bonds. The molecule has 4 heteroatoms. The zero-order chi connectivity index (χ0) is 12.3. The van der Waals surface area contributed by atoms with Crippen LogP contribution in [0.3, 0.4) is 0 Å². The lowest BCUT2D eigenvalue weighted by atomic mass is 10.0. The number of nitrogens with two attached hydrogens (primary N) is 1. The molecule has 0 bridgehead atoms. The maximum atomic E-state index is 6.12.